The normalized spacial score (nSPS) is 12.7. The maximum absolute atomic E-state index is 12.7. The number of nitrogens with one attached hydrogen (secondary N) is 2. The van der Waals surface area contributed by atoms with Crippen molar-refractivity contribution in [2.45, 2.75) is 31.9 Å². The minimum Gasteiger partial charge on any atom is -0.387 e. The number of benzene rings is 3. The molecule has 0 fully saturated rings. The Morgan fingerprint density at radius 3 is 2.29 bits per heavy atom. The Hall–Kier alpha value is -3.74. The number of amides is 1. The first kappa shape index (κ1) is 24.4. The minimum absolute atomic E-state index is 0.0953. The van der Waals surface area contributed by atoms with Gasteiger partial charge in [-0.25, -0.2) is 4.98 Å². The maximum atomic E-state index is 12.7. The summed E-state index contributed by atoms with van der Waals surface area (Å²) < 4.78 is 2.04. The molecule has 3 N–H and O–H groups in total. The number of aliphatic hydroxyl groups excluding tert-OH is 1. The molecule has 35 heavy (non-hydrogen) atoms. The van der Waals surface area contributed by atoms with Crippen molar-refractivity contribution in [3.05, 3.63) is 120 Å². The zero-order valence-electron chi connectivity index (χ0n) is 20.0. The van der Waals surface area contributed by atoms with Crippen LogP contribution in [0.3, 0.4) is 0 Å². The zero-order valence-corrected chi connectivity index (χ0v) is 20.0. The monoisotopic (exact) mass is 468 g/mol. The van der Waals surface area contributed by atoms with Crippen molar-refractivity contribution in [3.8, 4) is 0 Å². The number of aromatic nitrogens is 2. The van der Waals surface area contributed by atoms with E-state index in [0.29, 0.717) is 6.54 Å². The topological polar surface area (TPSA) is 79.2 Å². The van der Waals surface area contributed by atoms with E-state index >= 15 is 0 Å². The Balaban J connectivity index is 1.23. The van der Waals surface area contributed by atoms with Gasteiger partial charge < -0.3 is 20.3 Å². The van der Waals surface area contributed by atoms with Gasteiger partial charge in [0.25, 0.3) is 0 Å². The van der Waals surface area contributed by atoms with Crippen molar-refractivity contribution in [2.75, 3.05) is 18.4 Å². The standard InChI is InChI=1S/C29H32N4O2/c1-22(24-8-4-2-5-9-24)33-19-18-31-28(33)20-29(35)32-26-14-12-23(13-15-26)16-17-30-21-27(34)25-10-6-3-7-11-25/h2-15,18-19,22,27,30,34H,16-17,20-21H2,1H3,(H,32,35). The molecule has 4 rings (SSSR count). The second kappa shape index (κ2) is 12.1. The number of carbonyl (C=O) groups excluding carboxylic acids is 1. The molecule has 0 saturated carbocycles. The molecule has 3 aromatic carbocycles. The van der Waals surface area contributed by atoms with Gasteiger partial charge in [0.15, 0.2) is 0 Å². The van der Waals surface area contributed by atoms with Gasteiger partial charge in [0, 0.05) is 24.6 Å². The smallest absolute Gasteiger partial charge is 0.231 e. The lowest BCUT2D eigenvalue weighted by Gasteiger charge is -2.17. The Morgan fingerprint density at radius 1 is 0.943 bits per heavy atom. The van der Waals surface area contributed by atoms with E-state index in [0.717, 1.165) is 35.6 Å². The Bertz CT molecular complexity index is 1190. The molecule has 2 atom stereocenters. The van der Waals surface area contributed by atoms with Crippen LogP contribution in [0.5, 0.6) is 0 Å². The van der Waals surface area contributed by atoms with Crippen LogP contribution in [-0.2, 0) is 17.6 Å². The summed E-state index contributed by atoms with van der Waals surface area (Å²) in [5.41, 5.74) is 4.02. The highest BCUT2D eigenvalue weighted by molar-refractivity contribution is 5.91. The molecule has 1 amide bonds. The highest BCUT2D eigenvalue weighted by Crippen LogP contribution is 2.20. The van der Waals surface area contributed by atoms with Gasteiger partial charge >= 0.3 is 0 Å². The van der Waals surface area contributed by atoms with Gasteiger partial charge in [-0.3, -0.25) is 4.79 Å². The lowest BCUT2D eigenvalue weighted by atomic mass is 10.1. The molecule has 0 aliphatic heterocycles. The minimum atomic E-state index is -0.514. The number of imidazole rings is 1. The second-order valence-corrected chi connectivity index (χ2v) is 8.64. The predicted molar refractivity (Wildman–Crippen MR) is 139 cm³/mol. The first-order valence-electron chi connectivity index (χ1n) is 12.0. The van der Waals surface area contributed by atoms with Crippen LogP contribution in [0.25, 0.3) is 0 Å². The summed E-state index contributed by atoms with van der Waals surface area (Å²) in [6.45, 7) is 3.38. The van der Waals surface area contributed by atoms with E-state index in [1.807, 2.05) is 83.6 Å². The van der Waals surface area contributed by atoms with Crippen LogP contribution in [0.15, 0.2) is 97.3 Å². The van der Waals surface area contributed by atoms with Gasteiger partial charge in [-0.05, 0) is 48.7 Å². The Labute approximate surface area is 206 Å². The molecular weight excluding hydrogens is 436 g/mol. The van der Waals surface area contributed by atoms with Gasteiger partial charge in [-0.1, -0.05) is 72.8 Å². The van der Waals surface area contributed by atoms with Crippen molar-refractivity contribution < 1.29 is 9.90 Å². The summed E-state index contributed by atoms with van der Waals surface area (Å²) in [4.78, 5) is 17.1. The molecule has 6 nitrogen and oxygen atoms in total. The predicted octanol–water partition coefficient (Wildman–Crippen LogP) is 4.54. The zero-order chi connectivity index (χ0) is 24.5. The Morgan fingerprint density at radius 2 is 1.60 bits per heavy atom. The van der Waals surface area contributed by atoms with Crippen molar-refractivity contribution in [1.82, 2.24) is 14.9 Å². The SMILES string of the molecule is CC(c1ccccc1)n1ccnc1CC(=O)Nc1ccc(CCNCC(O)c2ccccc2)cc1. The van der Waals surface area contributed by atoms with E-state index in [4.69, 9.17) is 0 Å². The van der Waals surface area contributed by atoms with Crippen LogP contribution in [0.2, 0.25) is 0 Å². The first-order chi connectivity index (χ1) is 17.1. The molecule has 4 aromatic rings. The summed E-state index contributed by atoms with van der Waals surface area (Å²) in [5.74, 6) is 0.640. The third-order valence-corrected chi connectivity index (χ3v) is 6.12. The number of nitrogens with zero attached hydrogens (tertiary/aromatic N) is 2. The van der Waals surface area contributed by atoms with Gasteiger partial charge in [0.1, 0.15) is 5.82 Å². The van der Waals surface area contributed by atoms with E-state index in [-0.39, 0.29) is 18.4 Å². The fraction of sp³-hybridized carbons (Fsp3) is 0.241. The lowest BCUT2D eigenvalue weighted by molar-refractivity contribution is -0.115. The molecule has 0 spiro atoms. The third-order valence-electron chi connectivity index (χ3n) is 6.12. The fourth-order valence-electron chi connectivity index (χ4n) is 4.09. The van der Waals surface area contributed by atoms with Crippen molar-refractivity contribution in [2.24, 2.45) is 0 Å². The van der Waals surface area contributed by atoms with Crippen LogP contribution in [0, 0.1) is 0 Å². The van der Waals surface area contributed by atoms with E-state index in [2.05, 4.69) is 34.7 Å². The van der Waals surface area contributed by atoms with Crippen LogP contribution in [0.4, 0.5) is 5.69 Å². The summed E-state index contributed by atoms with van der Waals surface area (Å²) in [6, 6.07) is 27.8. The molecule has 0 aliphatic carbocycles. The average Bonchev–Trinajstić information content (AvgIpc) is 3.35. The van der Waals surface area contributed by atoms with Crippen LogP contribution >= 0.6 is 0 Å². The molecule has 0 aliphatic rings. The summed E-state index contributed by atoms with van der Waals surface area (Å²) in [7, 11) is 0. The van der Waals surface area contributed by atoms with Crippen molar-refractivity contribution in [3.63, 3.8) is 0 Å². The van der Waals surface area contributed by atoms with Gasteiger partial charge in [0.2, 0.25) is 5.91 Å². The molecule has 0 bridgehead atoms. The number of aliphatic hydroxyl groups is 1. The molecule has 180 valence electrons. The lowest BCUT2D eigenvalue weighted by Crippen LogP contribution is -2.23. The van der Waals surface area contributed by atoms with Crippen LogP contribution in [-0.4, -0.2) is 33.7 Å². The van der Waals surface area contributed by atoms with E-state index < -0.39 is 6.10 Å². The van der Waals surface area contributed by atoms with E-state index in [1.165, 1.54) is 5.56 Å². The molecule has 0 saturated heterocycles. The quantitative estimate of drug-likeness (QED) is 0.283. The van der Waals surface area contributed by atoms with E-state index in [1.54, 1.807) is 6.20 Å². The maximum Gasteiger partial charge on any atom is 0.231 e. The molecule has 1 heterocycles. The summed E-state index contributed by atoms with van der Waals surface area (Å²) >= 11 is 0. The highest BCUT2D eigenvalue weighted by Gasteiger charge is 2.15. The number of rotatable bonds is 11. The molecule has 0 radical (unpaired) electrons. The van der Waals surface area contributed by atoms with Crippen LogP contribution in [0.1, 0.15) is 41.6 Å². The molecule has 1 aromatic heterocycles. The van der Waals surface area contributed by atoms with Gasteiger partial charge in [0.05, 0.1) is 18.6 Å². The Kier molecular flexibility index (Phi) is 8.44. The summed E-state index contributed by atoms with van der Waals surface area (Å²) in [6.07, 6.45) is 4.19. The molecular formula is C29H32N4O2. The highest BCUT2D eigenvalue weighted by atomic mass is 16.3. The largest absolute Gasteiger partial charge is 0.387 e. The number of carbonyl (C=O) groups is 1. The van der Waals surface area contributed by atoms with Gasteiger partial charge in [-0.15, -0.1) is 0 Å². The van der Waals surface area contributed by atoms with Crippen molar-refractivity contribution >= 4 is 11.6 Å². The first-order valence-corrected chi connectivity index (χ1v) is 12.0. The number of hydrogen-bond donors (Lipinski definition) is 3. The molecule has 6 heteroatoms. The van der Waals surface area contributed by atoms with Crippen molar-refractivity contribution in [1.29, 1.82) is 0 Å². The van der Waals surface area contributed by atoms with Crippen LogP contribution < -0.4 is 10.6 Å². The fourth-order valence-corrected chi connectivity index (χ4v) is 4.09. The van der Waals surface area contributed by atoms with E-state index in [9.17, 15) is 9.90 Å². The molecule has 2 unspecified atom stereocenters. The average molecular weight is 469 g/mol. The third kappa shape index (κ3) is 6.88. The number of anilines is 1. The second-order valence-electron chi connectivity index (χ2n) is 8.64. The number of hydrogen-bond acceptors (Lipinski definition) is 4. The van der Waals surface area contributed by atoms with Gasteiger partial charge in [-0.2, -0.15) is 0 Å². The summed E-state index contributed by atoms with van der Waals surface area (Å²) in [5, 5.41) is 16.5.